The van der Waals surface area contributed by atoms with E-state index in [-0.39, 0.29) is 9.79 Å². The molecule has 0 radical (unpaired) electrons. The van der Waals surface area contributed by atoms with Crippen LogP contribution in [0, 0.1) is 3.57 Å². The topological polar surface area (TPSA) is 43.4 Å². The van der Waals surface area contributed by atoms with Crippen LogP contribution >= 0.6 is 22.6 Å². The zero-order valence-corrected chi connectivity index (χ0v) is 11.5. The van der Waals surface area contributed by atoms with E-state index >= 15 is 0 Å². The molecule has 0 bridgehead atoms. The summed E-state index contributed by atoms with van der Waals surface area (Å²) in [6.45, 7) is 0. The van der Waals surface area contributed by atoms with Crippen molar-refractivity contribution in [3.8, 4) is 11.5 Å². The van der Waals surface area contributed by atoms with Crippen molar-refractivity contribution in [2.24, 2.45) is 0 Å². The van der Waals surface area contributed by atoms with Crippen molar-refractivity contribution < 1.29 is 13.2 Å². The summed E-state index contributed by atoms with van der Waals surface area (Å²) >= 11 is 2.12. The molecule has 0 aliphatic carbocycles. The van der Waals surface area contributed by atoms with Crippen molar-refractivity contribution in [1.82, 2.24) is 0 Å². The maximum Gasteiger partial charge on any atom is 0.213 e. The highest BCUT2D eigenvalue weighted by atomic mass is 127. The first-order chi connectivity index (χ1) is 8.09. The summed E-state index contributed by atoms with van der Waals surface area (Å²) in [5.74, 6) is 0.789. The molecule has 0 spiro atoms. The lowest BCUT2D eigenvalue weighted by Crippen LogP contribution is -2.10. The second-order valence-electron chi connectivity index (χ2n) is 3.64. The van der Waals surface area contributed by atoms with Crippen LogP contribution < -0.4 is 4.74 Å². The van der Waals surface area contributed by atoms with Gasteiger partial charge in [0.15, 0.2) is 0 Å². The fourth-order valence-corrected chi connectivity index (χ4v) is 3.72. The number of rotatable bonds is 0. The van der Waals surface area contributed by atoms with Gasteiger partial charge in [0.1, 0.15) is 21.3 Å². The first-order valence-corrected chi connectivity index (χ1v) is 7.47. The SMILES string of the molecule is O=S1(=O)c2ccccc2Oc2cc(I)ccc21. The van der Waals surface area contributed by atoms with Gasteiger partial charge in [-0.15, -0.1) is 0 Å². The molecular formula is C12H7IO3S. The minimum atomic E-state index is -3.45. The quantitative estimate of drug-likeness (QED) is 0.580. The van der Waals surface area contributed by atoms with Gasteiger partial charge >= 0.3 is 0 Å². The predicted molar refractivity (Wildman–Crippen MR) is 71.1 cm³/mol. The maximum absolute atomic E-state index is 12.3. The Morgan fingerprint density at radius 2 is 1.65 bits per heavy atom. The summed E-state index contributed by atoms with van der Waals surface area (Å²) < 4.78 is 31.2. The minimum Gasteiger partial charge on any atom is -0.455 e. The van der Waals surface area contributed by atoms with E-state index in [9.17, 15) is 8.42 Å². The summed E-state index contributed by atoms with van der Waals surface area (Å²) in [6.07, 6.45) is 0. The molecule has 86 valence electrons. The maximum atomic E-state index is 12.3. The molecule has 3 nitrogen and oxygen atoms in total. The number of hydrogen-bond donors (Lipinski definition) is 0. The van der Waals surface area contributed by atoms with Crippen LogP contribution in [0.15, 0.2) is 52.3 Å². The lowest BCUT2D eigenvalue weighted by Gasteiger charge is -2.20. The first kappa shape index (κ1) is 11.0. The third kappa shape index (κ3) is 1.64. The van der Waals surface area contributed by atoms with Gasteiger partial charge in [-0.25, -0.2) is 8.42 Å². The Balaban J connectivity index is 2.35. The van der Waals surface area contributed by atoms with Crippen LogP contribution in [0.4, 0.5) is 0 Å². The molecule has 3 rings (SSSR count). The monoisotopic (exact) mass is 358 g/mol. The van der Waals surface area contributed by atoms with Crippen LogP contribution in [0.2, 0.25) is 0 Å². The lowest BCUT2D eigenvalue weighted by atomic mass is 10.3. The normalized spacial score (nSPS) is 15.6. The van der Waals surface area contributed by atoms with Crippen LogP contribution in [0.1, 0.15) is 0 Å². The standard InChI is InChI=1S/C12H7IO3S/c13-8-5-6-12-10(7-8)16-9-3-1-2-4-11(9)17(12,14)15/h1-7H. The number of para-hydroxylation sites is 1. The zero-order chi connectivity index (χ0) is 12.0. The smallest absolute Gasteiger partial charge is 0.213 e. The van der Waals surface area contributed by atoms with E-state index in [0.29, 0.717) is 11.5 Å². The average Bonchev–Trinajstić information content (AvgIpc) is 2.28. The second kappa shape index (κ2) is 3.71. The lowest BCUT2D eigenvalue weighted by molar-refractivity contribution is 0.442. The molecule has 0 aromatic heterocycles. The van der Waals surface area contributed by atoms with Gasteiger partial charge in [-0.2, -0.15) is 0 Å². The van der Waals surface area contributed by atoms with Crippen LogP contribution in [0.5, 0.6) is 11.5 Å². The van der Waals surface area contributed by atoms with Crippen molar-refractivity contribution in [3.63, 3.8) is 0 Å². The molecule has 0 unspecified atom stereocenters. The molecule has 0 saturated carbocycles. The molecule has 0 N–H and O–H groups in total. The number of halogens is 1. The highest BCUT2D eigenvalue weighted by Gasteiger charge is 2.30. The van der Waals surface area contributed by atoms with E-state index in [1.165, 1.54) is 0 Å². The predicted octanol–water partition coefficient (Wildman–Crippen LogP) is 3.23. The molecule has 0 fully saturated rings. The van der Waals surface area contributed by atoms with Crippen LogP contribution in [0.3, 0.4) is 0 Å². The van der Waals surface area contributed by atoms with Crippen molar-refractivity contribution in [3.05, 3.63) is 46.0 Å². The third-order valence-electron chi connectivity index (χ3n) is 2.55. The molecule has 17 heavy (non-hydrogen) atoms. The Labute approximate surface area is 112 Å². The first-order valence-electron chi connectivity index (χ1n) is 4.90. The van der Waals surface area contributed by atoms with Gasteiger partial charge < -0.3 is 4.74 Å². The molecule has 0 saturated heterocycles. The van der Waals surface area contributed by atoms with E-state index in [1.807, 2.05) is 0 Å². The third-order valence-corrected chi connectivity index (χ3v) is 5.06. The van der Waals surface area contributed by atoms with Crippen molar-refractivity contribution in [2.75, 3.05) is 0 Å². The summed E-state index contributed by atoms with van der Waals surface area (Å²) in [6, 6.07) is 11.7. The van der Waals surface area contributed by atoms with E-state index in [2.05, 4.69) is 22.6 Å². The highest BCUT2D eigenvalue weighted by Crippen LogP contribution is 2.42. The summed E-state index contributed by atoms with van der Waals surface area (Å²) in [4.78, 5) is 0.463. The van der Waals surface area contributed by atoms with Gasteiger partial charge in [0.2, 0.25) is 9.84 Å². The minimum absolute atomic E-state index is 0.230. The highest BCUT2D eigenvalue weighted by molar-refractivity contribution is 14.1. The molecule has 1 aliphatic rings. The van der Waals surface area contributed by atoms with Gasteiger partial charge in [0.25, 0.3) is 0 Å². The Kier molecular flexibility index (Phi) is 2.41. The van der Waals surface area contributed by atoms with Gasteiger partial charge in [-0.3, -0.25) is 0 Å². The summed E-state index contributed by atoms with van der Waals surface area (Å²) in [5.41, 5.74) is 0. The number of benzene rings is 2. The molecule has 0 amide bonds. The van der Waals surface area contributed by atoms with Crippen molar-refractivity contribution in [2.45, 2.75) is 9.79 Å². The number of hydrogen-bond acceptors (Lipinski definition) is 3. The Morgan fingerprint density at radius 3 is 2.47 bits per heavy atom. The molecule has 0 atom stereocenters. The van der Waals surface area contributed by atoms with Gasteiger partial charge in [0.05, 0.1) is 0 Å². The number of ether oxygens (including phenoxy) is 1. The van der Waals surface area contributed by atoms with E-state index < -0.39 is 9.84 Å². The molecule has 2 aromatic rings. The fourth-order valence-electron chi connectivity index (χ4n) is 1.78. The van der Waals surface area contributed by atoms with E-state index in [4.69, 9.17) is 4.74 Å². The van der Waals surface area contributed by atoms with E-state index in [0.717, 1.165) is 3.57 Å². The molecule has 1 aliphatic heterocycles. The van der Waals surface area contributed by atoms with E-state index in [1.54, 1.807) is 42.5 Å². The fraction of sp³-hybridized carbons (Fsp3) is 0. The Bertz CT molecular complexity index is 707. The van der Waals surface area contributed by atoms with Crippen molar-refractivity contribution >= 4 is 32.4 Å². The van der Waals surface area contributed by atoms with Crippen LogP contribution in [0.25, 0.3) is 0 Å². The average molecular weight is 358 g/mol. The van der Waals surface area contributed by atoms with Crippen LogP contribution in [-0.2, 0) is 9.84 Å². The van der Waals surface area contributed by atoms with Crippen LogP contribution in [-0.4, -0.2) is 8.42 Å². The summed E-state index contributed by atoms with van der Waals surface area (Å²) in [7, 11) is -3.45. The Hall–Kier alpha value is -1.08. The summed E-state index contributed by atoms with van der Waals surface area (Å²) in [5, 5.41) is 0. The molecular weight excluding hydrogens is 351 g/mol. The Morgan fingerprint density at radius 1 is 0.941 bits per heavy atom. The van der Waals surface area contributed by atoms with Gasteiger partial charge in [-0.05, 0) is 52.9 Å². The van der Waals surface area contributed by atoms with Gasteiger partial charge in [0, 0.05) is 3.57 Å². The van der Waals surface area contributed by atoms with Crippen molar-refractivity contribution in [1.29, 1.82) is 0 Å². The zero-order valence-electron chi connectivity index (χ0n) is 8.55. The number of fused-ring (bicyclic) bond motifs is 2. The second-order valence-corrected chi connectivity index (χ2v) is 6.78. The number of sulfone groups is 1. The molecule has 5 heteroatoms. The molecule has 2 aromatic carbocycles. The molecule has 1 heterocycles. The van der Waals surface area contributed by atoms with Gasteiger partial charge in [-0.1, -0.05) is 12.1 Å². The largest absolute Gasteiger partial charge is 0.455 e.